The highest BCUT2D eigenvalue weighted by atomic mass is 35.5. The lowest BCUT2D eigenvalue weighted by Crippen LogP contribution is -2.25. The van der Waals surface area contributed by atoms with Crippen molar-refractivity contribution in [1.82, 2.24) is 10.3 Å². The zero-order chi connectivity index (χ0) is 12.8. The fourth-order valence-corrected chi connectivity index (χ4v) is 1.79. The number of carbonyl (C=O) groups is 1. The van der Waals surface area contributed by atoms with E-state index in [1.807, 2.05) is 6.92 Å². The van der Waals surface area contributed by atoms with Gasteiger partial charge in [-0.25, -0.2) is 0 Å². The molecular formula is C13H19ClN2O. The first-order valence-corrected chi connectivity index (χ1v) is 6.29. The van der Waals surface area contributed by atoms with Crippen molar-refractivity contribution in [2.45, 2.75) is 33.6 Å². The minimum atomic E-state index is -0.147. The van der Waals surface area contributed by atoms with Gasteiger partial charge < -0.3 is 5.32 Å². The summed E-state index contributed by atoms with van der Waals surface area (Å²) < 4.78 is 0. The van der Waals surface area contributed by atoms with E-state index in [0.29, 0.717) is 23.0 Å². The van der Waals surface area contributed by atoms with Crippen LogP contribution < -0.4 is 5.32 Å². The molecule has 1 aromatic rings. The molecule has 1 N–H and O–H groups in total. The number of aryl methyl sites for hydroxylation is 1. The van der Waals surface area contributed by atoms with E-state index in [4.69, 9.17) is 11.6 Å². The molecular weight excluding hydrogens is 236 g/mol. The predicted molar refractivity (Wildman–Crippen MR) is 70.4 cm³/mol. The largest absolute Gasteiger partial charge is 0.352 e. The van der Waals surface area contributed by atoms with Crippen LogP contribution in [0.1, 0.15) is 42.7 Å². The van der Waals surface area contributed by atoms with E-state index in [1.54, 1.807) is 6.07 Å². The number of hydrogen-bond donors (Lipinski definition) is 1. The number of carbonyl (C=O) groups excluding carboxylic acids is 1. The monoisotopic (exact) mass is 254 g/mol. The molecule has 0 fully saturated rings. The summed E-state index contributed by atoms with van der Waals surface area (Å²) >= 11 is 5.99. The number of nitrogens with zero attached hydrogens (tertiary/aromatic N) is 1. The van der Waals surface area contributed by atoms with Gasteiger partial charge in [-0.15, -0.1) is 0 Å². The minimum absolute atomic E-state index is 0.147. The average molecular weight is 255 g/mol. The van der Waals surface area contributed by atoms with E-state index in [9.17, 15) is 4.79 Å². The van der Waals surface area contributed by atoms with Gasteiger partial charge in [-0.2, -0.15) is 0 Å². The first kappa shape index (κ1) is 14.0. The summed E-state index contributed by atoms with van der Waals surface area (Å²) in [7, 11) is 0. The average Bonchev–Trinajstić information content (AvgIpc) is 2.23. The quantitative estimate of drug-likeness (QED) is 0.820. The second kappa shape index (κ2) is 6.60. The zero-order valence-electron chi connectivity index (χ0n) is 10.6. The number of aromatic nitrogens is 1. The van der Waals surface area contributed by atoms with Crippen LogP contribution in [0, 0.1) is 12.8 Å². The first-order valence-electron chi connectivity index (χ1n) is 5.91. The van der Waals surface area contributed by atoms with E-state index >= 15 is 0 Å². The molecule has 94 valence electrons. The van der Waals surface area contributed by atoms with Crippen LogP contribution in [0.3, 0.4) is 0 Å². The first-order chi connectivity index (χ1) is 8.00. The highest BCUT2D eigenvalue weighted by Gasteiger charge is 2.10. The summed E-state index contributed by atoms with van der Waals surface area (Å²) in [4.78, 5) is 15.9. The van der Waals surface area contributed by atoms with Crippen LogP contribution in [0.15, 0.2) is 12.3 Å². The number of pyridine rings is 1. The van der Waals surface area contributed by atoms with Crippen molar-refractivity contribution in [2.24, 2.45) is 5.92 Å². The highest BCUT2D eigenvalue weighted by molar-refractivity contribution is 6.33. The molecule has 0 spiro atoms. The van der Waals surface area contributed by atoms with Crippen LogP contribution >= 0.6 is 11.6 Å². The molecule has 0 bridgehead atoms. The smallest absolute Gasteiger partial charge is 0.254 e. The molecule has 0 aliphatic carbocycles. The number of hydrogen-bond acceptors (Lipinski definition) is 2. The molecule has 3 nitrogen and oxygen atoms in total. The molecule has 1 aromatic heterocycles. The number of halogens is 1. The van der Waals surface area contributed by atoms with Crippen LogP contribution in [0.4, 0.5) is 0 Å². The molecule has 0 unspecified atom stereocenters. The van der Waals surface area contributed by atoms with Gasteiger partial charge in [0.2, 0.25) is 0 Å². The Morgan fingerprint density at radius 2 is 2.24 bits per heavy atom. The predicted octanol–water partition coefficient (Wildman–Crippen LogP) is 3.21. The van der Waals surface area contributed by atoms with E-state index in [0.717, 1.165) is 18.5 Å². The fourth-order valence-electron chi connectivity index (χ4n) is 1.50. The highest BCUT2D eigenvalue weighted by Crippen LogP contribution is 2.15. The maximum atomic E-state index is 11.8. The Balaban J connectivity index is 2.47. The van der Waals surface area contributed by atoms with E-state index in [2.05, 4.69) is 24.1 Å². The van der Waals surface area contributed by atoms with Crippen molar-refractivity contribution in [3.63, 3.8) is 0 Å². The molecule has 0 aliphatic heterocycles. The van der Waals surface area contributed by atoms with Gasteiger partial charge in [0.05, 0.1) is 10.6 Å². The standard InChI is InChI=1S/C13H19ClN2O/c1-9(2)5-4-6-15-13(17)11-8-16-10(3)7-12(11)14/h7-9H,4-6H2,1-3H3,(H,15,17). The van der Waals surface area contributed by atoms with Gasteiger partial charge in [-0.05, 0) is 31.7 Å². The molecule has 0 atom stereocenters. The van der Waals surface area contributed by atoms with E-state index < -0.39 is 0 Å². The van der Waals surface area contributed by atoms with E-state index in [1.165, 1.54) is 6.20 Å². The molecule has 1 rings (SSSR count). The Morgan fingerprint density at radius 1 is 1.53 bits per heavy atom. The number of rotatable bonds is 5. The zero-order valence-corrected chi connectivity index (χ0v) is 11.3. The molecule has 1 heterocycles. The maximum Gasteiger partial charge on any atom is 0.254 e. The van der Waals surface area contributed by atoms with Crippen LogP contribution in [-0.2, 0) is 0 Å². The Hall–Kier alpha value is -1.09. The molecule has 0 saturated heterocycles. The van der Waals surface area contributed by atoms with Crippen molar-refractivity contribution in [3.8, 4) is 0 Å². The van der Waals surface area contributed by atoms with E-state index in [-0.39, 0.29) is 5.91 Å². The van der Waals surface area contributed by atoms with Gasteiger partial charge in [0, 0.05) is 18.4 Å². The van der Waals surface area contributed by atoms with Gasteiger partial charge in [0.1, 0.15) is 0 Å². The fraction of sp³-hybridized carbons (Fsp3) is 0.538. The summed E-state index contributed by atoms with van der Waals surface area (Å²) in [6, 6.07) is 1.70. The normalized spacial score (nSPS) is 10.6. The van der Waals surface area contributed by atoms with Crippen molar-refractivity contribution >= 4 is 17.5 Å². The molecule has 0 aliphatic rings. The molecule has 17 heavy (non-hydrogen) atoms. The summed E-state index contributed by atoms with van der Waals surface area (Å²) in [6.45, 7) is 6.86. The summed E-state index contributed by atoms with van der Waals surface area (Å²) in [5.74, 6) is 0.516. The van der Waals surface area contributed by atoms with Gasteiger partial charge in [0.25, 0.3) is 5.91 Å². The van der Waals surface area contributed by atoms with Crippen molar-refractivity contribution in [3.05, 3.63) is 28.5 Å². The van der Waals surface area contributed by atoms with Crippen LogP contribution in [-0.4, -0.2) is 17.4 Å². The Kier molecular flexibility index (Phi) is 5.42. The summed E-state index contributed by atoms with van der Waals surface area (Å²) in [6.07, 6.45) is 3.62. The third-order valence-electron chi connectivity index (χ3n) is 2.48. The number of nitrogens with one attached hydrogen (secondary N) is 1. The van der Waals surface area contributed by atoms with Gasteiger partial charge in [0.15, 0.2) is 0 Å². The molecule has 1 amide bonds. The SMILES string of the molecule is Cc1cc(Cl)c(C(=O)NCCCC(C)C)cn1. The summed E-state index contributed by atoms with van der Waals surface area (Å²) in [5.41, 5.74) is 1.26. The van der Waals surface area contributed by atoms with Crippen LogP contribution in [0.25, 0.3) is 0 Å². The second-order valence-electron chi connectivity index (χ2n) is 4.60. The van der Waals surface area contributed by atoms with Crippen molar-refractivity contribution in [1.29, 1.82) is 0 Å². The topological polar surface area (TPSA) is 42.0 Å². The maximum absolute atomic E-state index is 11.8. The van der Waals surface area contributed by atoms with Crippen molar-refractivity contribution in [2.75, 3.05) is 6.54 Å². The Morgan fingerprint density at radius 3 is 2.82 bits per heavy atom. The van der Waals surface area contributed by atoms with Crippen LogP contribution in [0.5, 0.6) is 0 Å². The third-order valence-corrected chi connectivity index (χ3v) is 2.79. The lowest BCUT2D eigenvalue weighted by atomic mass is 10.1. The summed E-state index contributed by atoms with van der Waals surface area (Å²) in [5, 5.41) is 3.31. The Labute approximate surface area is 108 Å². The molecule has 4 heteroatoms. The van der Waals surface area contributed by atoms with Gasteiger partial charge in [-0.1, -0.05) is 25.4 Å². The minimum Gasteiger partial charge on any atom is -0.352 e. The van der Waals surface area contributed by atoms with Gasteiger partial charge in [-0.3, -0.25) is 9.78 Å². The third kappa shape index (κ3) is 4.73. The lowest BCUT2D eigenvalue weighted by Gasteiger charge is -2.08. The second-order valence-corrected chi connectivity index (χ2v) is 5.00. The van der Waals surface area contributed by atoms with Gasteiger partial charge >= 0.3 is 0 Å². The molecule has 0 aromatic carbocycles. The van der Waals surface area contributed by atoms with Crippen molar-refractivity contribution < 1.29 is 4.79 Å². The number of amides is 1. The Bertz CT molecular complexity index is 391. The van der Waals surface area contributed by atoms with Crippen LogP contribution in [0.2, 0.25) is 5.02 Å². The lowest BCUT2D eigenvalue weighted by molar-refractivity contribution is 0.0952. The molecule has 0 radical (unpaired) electrons. The molecule has 0 saturated carbocycles.